The van der Waals surface area contributed by atoms with Crippen molar-refractivity contribution in [3.8, 4) is 56.3 Å². The predicted octanol–water partition coefficient (Wildman–Crippen LogP) is 12.2. The molecule has 0 atom stereocenters. The average molecular weight is 663 g/mol. The summed E-state index contributed by atoms with van der Waals surface area (Å²) in [6.45, 7) is 0. The van der Waals surface area contributed by atoms with E-state index in [1.54, 1.807) is 0 Å². The lowest BCUT2D eigenvalue weighted by molar-refractivity contribution is 1.23. The van der Waals surface area contributed by atoms with E-state index >= 15 is 0 Å². The second kappa shape index (κ2) is 12.4. The quantitative estimate of drug-likeness (QED) is 0.172. The Labute approximate surface area is 300 Å². The fourth-order valence-corrected chi connectivity index (χ4v) is 7.28. The van der Waals surface area contributed by atoms with Crippen LogP contribution < -0.4 is 0 Å². The van der Waals surface area contributed by atoms with Crippen LogP contribution in [-0.4, -0.2) is 19.9 Å². The zero-order valence-electron chi connectivity index (χ0n) is 28.1. The fraction of sp³-hybridized carbons (Fsp3) is 0. The molecule has 0 spiro atoms. The van der Waals surface area contributed by atoms with Gasteiger partial charge in [-0.1, -0.05) is 164 Å². The lowest BCUT2D eigenvalue weighted by Crippen LogP contribution is -1.95. The number of rotatable bonds is 5. The van der Waals surface area contributed by atoms with E-state index in [-0.39, 0.29) is 0 Å². The van der Waals surface area contributed by atoms with Gasteiger partial charge >= 0.3 is 0 Å². The Bertz CT molecular complexity index is 2940. The van der Waals surface area contributed by atoms with Crippen LogP contribution in [-0.2, 0) is 0 Å². The molecule has 0 unspecified atom stereocenters. The van der Waals surface area contributed by atoms with Crippen molar-refractivity contribution in [3.05, 3.63) is 182 Å². The first-order valence-electron chi connectivity index (χ1n) is 17.5. The molecule has 7 aromatic carbocycles. The Kier molecular flexibility index (Phi) is 7.10. The van der Waals surface area contributed by atoms with Crippen molar-refractivity contribution in [1.29, 1.82) is 0 Å². The standard InChI is InChI=1S/C48H30N4/c1-3-11-32(12-4-1)42-29-25-34-23-24-35-26-30-44(50-47(35)46(34)49-42)40-28-27-37(38-15-7-8-16-39(38)40)31-19-21-33(22-20-31)45-41-17-9-10-18-43(41)51-48(52-45)36-13-5-2-6-14-36/h1-30H. The third-order valence-electron chi connectivity index (χ3n) is 9.89. The summed E-state index contributed by atoms with van der Waals surface area (Å²) in [5.41, 5.74) is 12.1. The van der Waals surface area contributed by atoms with Gasteiger partial charge in [-0.25, -0.2) is 19.9 Å². The van der Waals surface area contributed by atoms with Gasteiger partial charge in [-0.15, -0.1) is 0 Å². The minimum absolute atomic E-state index is 0.725. The molecule has 0 bridgehead atoms. The molecule has 10 aromatic rings. The van der Waals surface area contributed by atoms with Crippen molar-refractivity contribution >= 4 is 43.5 Å². The highest BCUT2D eigenvalue weighted by atomic mass is 14.9. The number of nitrogens with zero attached hydrogens (tertiary/aromatic N) is 4. The molecule has 52 heavy (non-hydrogen) atoms. The highest BCUT2D eigenvalue weighted by Gasteiger charge is 2.15. The number of fused-ring (bicyclic) bond motifs is 5. The molecule has 0 aliphatic heterocycles. The zero-order valence-corrected chi connectivity index (χ0v) is 28.1. The van der Waals surface area contributed by atoms with Crippen molar-refractivity contribution in [2.24, 2.45) is 0 Å². The number of aromatic nitrogens is 4. The molecule has 3 heterocycles. The predicted molar refractivity (Wildman–Crippen MR) is 215 cm³/mol. The number of hydrogen-bond donors (Lipinski definition) is 0. The number of para-hydroxylation sites is 1. The third kappa shape index (κ3) is 5.17. The maximum absolute atomic E-state index is 5.29. The molecule has 3 aromatic heterocycles. The average Bonchev–Trinajstić information content (AvgIpc) is 3.23. The van der Waals surface area contributed by atoms with Gasteiger partial charge in [-0.2, -0.15) is 0 Å². The molecule has 0 aliphatic rings. The van der Waals surface area contributed by atoms with Crippen LogP contribution in [0.15, 0.2) is 182 Å². The lowest BCUT2D eigenvalue weighted by Gasteiger charge is -2.14. The smallest absolute Gasteiger partial charge is 0.160 e. The molecule has 10 rings (SSSR count). The molecule has 0 amide bonds. The molecular weight excluding hydrogens is 633 g/mol. The zero-order chi connectivity index (χ0) is 34.4. The molecular formula is C48H30N4. The SMILES string of the molecule is c1ccc(-c2ccc3ccc4ccc(-c5ccc(-c6ccc(-c7nc(-c8ccccc8)nc8ccccc78)cc6)c6ccccc56)nc4c3n2)cc1. The van der Waals surface area contributed by atoms with Gasteiger partial charge < -0.3 is 0 Å². The molecule has 0 N–H and O–H groups in total. The highest BCUT2D eigenvalue weighted by Crippen LogP contribution is 2.38. The van der Waals surface area contributed by atoms with Gasteiger partial charge in [0.15, 0.2) is 5.82 Å². The Morgan fingerprint density at radius 3 is 1.52 bits per heavy atom. The van der Waals surface area contributed by atoms with Crippen LogP contribution in [0.25, 0.3) is 99.8 Å². The number of benzene rings is 7. The van der Waals surface area contributed by atoms with Gasteiger partial charge in [0.05, 0.1) is 33.6 Å². The van der Waals surface area contributed by atoms with Crippen molar-refractivity contribution in [2.45, 2.75) is 0 Å². The molecule has 0 radical (unpaired) electrons. The van der Waals surface area contributed by atoms with Gasteiger partial charge in [0.1, 0.15) is 0 Å². The van der Waals surface area contributed by atoms with Gasteiger partial charge in [-0.3, -0.25) is 0 Å². The third-order valence-corrected chi connectivity index (χ3v) is 9.89. The van der Waals surface area contributed by atoms with Gasteiger partial charge in [-0.05, 0) is 40.1 Å². The maximum Gasteiger partial charge on any atom is 0.160 e. The first-order valence-corrected chi connectivity index (χ1v) is 17.5. The number of pyridine rings is 2. The molecule has 242 valence electrons. The van der Waals surface area contributed by atoms with Crippen LogP contribution >= 0.6 is 0 Å². The maximum atomic E-state index is 5.29. The summed E-state index contributed by atoms with van der Waals surface area (Å²) < 4.78 is 0. The van der Waals surface area contributed by atoms with E-state index in [1.165, 1.54) is 10.9 Å². The van der Waals surface area contributed by atoms with Crippen LogP contribution in [0.1, 0.15) is 0 Å². The van der Waals surface area contributed by atoms with E-state index in [0.29, 0.717) is 0 Å². The second-order valence-electron chi connectivity index (χ2n) is 13.0. The van der Waals surface area contributed by atoms with Crippen molar-refractivity contribution in [1.82, 2.24) is 19.9 Å². The summed E-state index contributed by atoms with van der Waals surface area (Å²) >= 11 is 0. The van der Waals surface area contributed by atoms with E-state index in [1.807, 2.05) is 48.5 Å². The van der Waals surface area contributed by atoms with Crippen molar-refractivity contribution in [2.75, 3.05) is 0 Å². The summed E-state index contributed by atoms with van der Waals surface area (Å²) in [7, 11) is 0. The monoisotopic (exact) mass is 662 g/mol. The second-order valence-corrected chi connectivity index (χ2v) is 13.0. The fourth-order valence-electron chi connectivity index (χ4n) is 7.28. The van der Waals surface area contributed by atoms with E-state index in [4.69, 9.17) is 19.9 Å². The van der Waals surface area contributed by atoms with E-state index in [9.17, 15) is 0 Å². The van der Waals surface area contributed by atoms with Crippen LogP contribution in [0, 0.1) is 0 Å². The summed E-state index contributed by atoms with van der Waals surface area (Å²) in [6.07, 6.45) is 0. The summed E-state index contributed by atoms with van der Waals surface area (Å²) in [6, 6.07) is 63.3. The van der Waals surface area contributed by atoms with Crippen LogP contribution in [0.5, 0.6) is 0 Å². The lowest BCUT2D eigenvalue weighted by atomic mass is 9.92. The molecule has 0 saturated carbocycles. The Balaban J connectivity index is 1.06. The van der Waals surface area contributed by atoms with Crippen LogP contribution in [0.4, 0.5) is 0 Å². The number of hydrogen-bond acceptors (Lipinski definition) is 4. The summed E-state index contributed by atoms with van der Waals surface area (Å²) in [5.74, 6) is 0.725. The Morgan fingerprint density at radius 2 is 0.808 bits per heavy atom. The van der Waals surface area contributed by atoms with E-state index < -0.39 is 0 Å². The van der Waals surface area contributed by atoms with Crippen molar-refractivity contribution < 1.29 is 0 Å². The Hall–Kier alpha value is -7.04. The minimum atomic E-state index is 0.725. The van der Waals surface area contributed by atoms with Crippen LogP contribution in [0.3, 0.4) is 0 Å². The molecule has 4 nitrogen and oxygen atoms in total. The minimum Gasteiger partial charge on any atom is -0.245 e. The van der Waals surface area contributed by atoms with E-state index in [0.717, 1.165) is 88.8 Å². The topological polar surface area (TPSA) is 51.6 Å². The normalized spacial score (nSPS) is 11.5. The molecule has 0 fully saturated rings. The van der Waals surface area contributed by atoms with Gasteiger partial charge in [0.25, 0.3) is 0 Å². The molecule has 0 saturated heterocycles. The van der Waals surface area contributed by atoms with Crippen molar-refractivity contribution in [3.63, 3.8) is 0 Å². The highest BCUT2D eigenvalue weighted by molar-refractivity contribution is 6.07. The van der Waals surface area contributed by atoms with Gasteiger partial charge in [0, 0.05) is 38.4 Å². The largest absolute Gasteiger partial charge is 0.245 e. The Morgan fingerprint density at radius 1 is 0.288 bits per heavy atom. The first-order chi connectivity index (χ1) is 25.8. The van der Waals surface area contributed by atoms with Crippen LogP contribution in [0.2, 0.25) is 0 Å². The van der Waals surface area contributed by atoms with E-state index in [2.05, 4.69) is 133 Å². The molecule has 4 heteroatoms. The summed E-state index contributed by atoms with van der Waals surface area (Å²) in [5, 5.41) is 5.51. The van der Waals surface area contributed by atoms with Gasteiger partial charge in [0.2, 0.25) is 0 Å². The first kappa shape index (κ1) is 29.8. The molecule has 0 aliphatic carbocycles. The summed E-state index contributed by atoms with van der Waals surface area (Å²) in [4.78, 5) is 20.4.